The van der Waals surface area contributed by atoms with Gasteiger partial charge in [-0.05, 0) is 25.0 Å². The largest absolute Gasteiger partial charge is 0.327 e. The molecule has 1 N–H and O–H groups in total. The second-order valence-corrected chi connectivity index (χ2v) is 6.72. The van der Waals surface area contributed by atoms with E-state index in [1.54, 1.807) is 29.2 Å². The molecule has 1 fully saturated rings. The molecule has 128 valence electrons. The van der Waals surface area contributed by atoms with Crippen LogP contribution >= 0.6 is 11.3 Å². The summed E-state index contributed by atoms with van der Waals surface area (Å²) in [6.45, 7) is 0.390. The molecule has 0 bridgehead atoms. The van der Waals surface area contributed by atoms with Crippen LogP contribution in [-0.2, 0) is 9.59 Å². The van der Waals surface area contributed by atoms with Gasteiger partial charge in [0.05, 0.1) is 11.3 Å². The van der Waals surface area contributed by atoms with E-state index in [4.69, 9.17) is 0 Å². The number of amides is 3. The zero-order valence-electron chi connectivity index (χ0n) is 13.2. The van der Waals surface area contributed by atoms with Gasteiger partial charge in [-0.2, -0.15) is 0 Å². The summed E-state index contributed by atoms with van der Waals surface area (Å²) in [6.07, 6.45) is 1.40. The Morgan fingerprint density at radius 1 is 1.32 bits per heavy atom. The molecule has 1 aromatic carbocycles. The van der Waals surface area contributed by atoms with Gasteiger partial charge < -0.3 is 9.80 Å². The topological polar surface area (TPSA) is 95.5 Å². The van der Waals surface area contributed by atoms with Crippen molar-refractivity contribution >= 4 is 39.9 Å². The van der Waals surface area contributed by atoms with E-state index in [2.05, 4.69) is 15.5 Å². The van der Waals surface area contributed by atoms with E-state index in [1.165, 1.54) is 21.7 Å². The molecule has 0 saturated carbocycles. The van der Waals surface area contributed by atoms with E-state index < -0.39 is 6.04 Å². The molecule has 25 heavy (non-hydrogen) atoms. The molecule has 3 amide bonds. The number of nitrogens with one attached hydrogen (secondary N) is 1. The number of fused-ring (bicyclic) bond motifs is 2. The third kappa shape index (κ3) is 2.76. The van der Waals surface area contributed by atoms with Crippen molar-refractivity contribution in [1.29, 1.82) is 0 Å². The highest BCUT2D eigenvalue weighted by Gasteiger charge is 2.42. The highest BCUT2D eigenvalue weighted by molar-refractivity contribution is 7.13. The monoisotopic (exact) mass is 357 g/mol. The number of carbonyl (C=O) groups excluding carboxylic acids is 3. The van der Waals surface area contributed by atoms with E-state index in [-0.39, 0.29) is 24.3 Å². The fourth-order valence-electron chi connectivity index (χ4n) is 3.30. The Hall–Kier alpha value is -2.81. The van der Waals surface area contributed by atoms with Crippen molar-refractivity contribution in [1.82, 2.24) is 15.1 Å². The number of nitrogens with zero attached hydrogens (tertiary/aromatic N) is 4. The van der Waals surface area contributed by atoms with Crippen molar-refractivity contribution in [2.75, 3.05) is 23.3 Å². The maximum Gasteiger partial charge on any atom is 0.256 e. The second-order valence-electron chi connectivity index (χ2n) is 5.89. The van der Waals surface area contributed by atoms with Crippen LogP contribution in [0.5, 0.6) is 0 Å². The molecule has 8 nitrogen and oxygen atoms in total. The third-order valence-corrected chi connectivity index (χ3v) is 5.00. The number of anilines is 2. The smallest absolute Gasteiger partial charge is 0.256 e. The van der Waals surface area contributed by atoms with Crippen LogP contribution in [-0.4, -0.2) is 52.0 Å². The zero-order valence-corrected chi connectivity index (χ0v) is 14.0. The number of benzene rings is 1. The summed E-state index contributed by atoms with van der Waals surface area (Å²) in [4.78, 5) is 41.2. The van der Waals surface area contributed by atoms with Crippen molar-refractivity contribution in [3.8, 4) is 0 Å². The lowest BCUT2D eigenvalue weighted by molar-refractivity contribution is -0.124. The van der Waals surface area contributed by atoms with Gasteiger partial charge in [-0.25, -0.2) is 0 Å². The van der Waals surface area contributed by atoms with Gasteiger partial charge in [0.1, 0.15) is 18.1 Å². The van der Waals surface area contributed by atoms with Crippen LogP contribution in [0.1, 0.15) is 23.2 Å². The minimum atomic E-state index is -0.505. The van der Waals surface area contributed by atoms with Crippen LogP contribution in [0.15, 0.2) is 29.8 Å². The Kier molecular flexibility index (Phi) is 3.92. The fraction of sp³-hybridized carbons (Fsp3) is 0.312. The van der Waals surface area contributed by atoms with Crippen LogP contribution < -0.4 is 10.2 Å². The highest BCUT2D eigenvalue weighted by Crippen LogP contribution is 2.32. The van der Waals surface area contributed by atoms with Crippen LogP contribution in [0.3, 0.4) is 0 Å². The van der Waals surface area contributed by atoms with Crippen LogP contribution in [0, 0.1) is 0 Å². The molecule has 1 aromatic heterocycles. The fourth-order valence-corrected chi connectivity index (χ4v) is 3.76. The first-order chi connectivity index (χ1) is 12.1. The molecular formula is C16H15N5O3S. The summed E-state index contributed by atoms with van der Waals surface area (Å²) in [6, 6.07) is 6.41. The van der Waals surface area contributed by atoms with E-state index in [1.807, 2.05) is 0 Å². The number of carbonyl (C=O) groups is 3. The van der Waals surface area contributed by atoms with E-state index in [0.717, 1.165) is 6.42 Å². The standard InChI is InChI=1S/C16H15N5O3S/c22-13(18-16-19-17-9-25-16)8-21-11-5-2-1-4-10(11)14(23)20-7-3-6-12(20)15(21)24/h1-2,4-5,9,12H,3,6-8H2,(H,18,19,22)/t12-/m1/s1. The Balaban J connectivity index is 1.67. The maximum absolute atomic E-state index is 13.0. The van der Waals surface area contributed by atoms with Crippen molar-refractivity contribution in [2.45, 2.75) is 18.9 Å². The van der Waals surface area contributed by atoms with E-state index in [0.29, 0.717) is 29.3 Å². The zero-order chi connectivity index (χ0) is 17.4. The average molecular weight is 357 g/mol. The molecule has 0 aliphatic carbocycles. The number of hydrogen-bond acceptors (Lipinski definition) is 6. The summed E-state index contributed by atoms with van der Waals surface area (Å²) in [5.74, 6) is -0.750. The number of aromatic nitrogens is 2. The Labute approximate surface area is 147 Å². The highest BCUT2D eigenvalue weighted by atomic mass is 32.1. The summed E-state index contributed by atoms with van der Waals surface area (Å²) < 4.78 is 0. The Bertz CT molecular complexity index is 838. The van der Waals surface area contributed by atoms with Gasteiger partial charge in [-0.1, -0.05) is 23.5 Å². The molecule has 3 heterocycles. The lowest BCUT2D eigenvalue weighted by atomic mass is 10.1. The van der Waals surface area contributed by atoms with Crippen molar-refractivity contribution in [3.63, 3.8) is 0 Å². The molecule has 0 unspecified atom stereocenters. The first kappa shape index (κ1) is 15.7. The summed E-state index contributed by atoms with van der Waals surface area (Å²) >= 11 is 1.20. The quantitative estimate of drug-likeness (QED) is 0.888. The molecule has 2 aliphatic heterocycles. The average Bonchev–Trinajstić information content (AvgIpc) is 3.28. The van der Waals surface area contributed by atoms with E-state index >= 15 is 0 Å². The lowest BCUT2D eigenvalue weighted by Gasteiger charge is -2.25. The minimum Gasteiger partial charge on any atom is -0.327 e. The summed E-state index contributed by atoms with van der Waals surface area (Å²) in [5, 5.41) is 10.4. The van der Waals surface area contributed by atoms with Crippen LogP contribution in [0.4, 0.5) is 10.8 Å². The predicted octanol–water partition coefficient (Wildman–Crippen LogP) is 1.13. The predicted molar refractivity (Wildman–Crippen MR) is 91.4 cm³/mol. The van der Waals surface area contributed by atoms with Gasteiger partial charge in [0.25, 0.3) is 5.91 Å². The van der Waals surface area contributed by atoms with Crippen molar-refractivity contribution in [3.05, 3.63) is 35.3 Å². The molecular weight excluding hydrogens is 342 g/mol. The molecule has 2 aliphatic rings. The number of hydrogen-bond donors (Lipinski definition) is 1. The maximum atomic E-state index is 13.0. The van der Waals surface area contributed by atoms with Crippen LogP contribution in [0.2, 0.25) is 0 Å². The van der Waals surface area contributed by atoms with Gasteiger partial charge in [0.2, 0.25) is 16.9 Å². The third-order valence-electron chi connectivity index (χ3n) is 4.40. The van der Waals surface area contributed by atoms with Gasteiger partial charge >= 0.3 is 0 Å². The molecule has 0 spiro atoms. The lowest BCUT2D eigenvalue weighted by Crippen LogP contribution is -2.47. The molecule has 1 atom stereocenters. The molecule has 9 heteroatoms. The van der Waals surface area contributed by atoms with E-state index in [9.17, 15) is 14.4 Å². The second kappa shape index (κ2) is 6.25. The summed E-state index contributed by atoms with van der Waals surface area (Å²) in [7, 11) is 0. The first-order valence-corrected chi connectivity index (χ1v) is 8.80. The Morgan fingerprint density at radius 3 is 2.96 bits per heavy atom. The van der Waals surface area contributed by atoms with Crippen LogP contribution in [0.25, 0.3) is 0 Å². The van der Waals surface area contributed by atoms with Gasteiger partial charge in [-0.15, -0.1) is 10.2 Å². The molecule has 1 saturated heterocycles. The number of rotatable bonds is 3. The van der Waals surface area contributed by atoms with Gasteiger partial charge in [0, 0.05) is 6.54 Å². The van der Waals surface area contributed by atoms with Crippen molar-refractivity contribution < 1.29 is 14.4 Å². The minimum absolute atomic E-state index is 0.154. The molecule has 4 rings (SSSR count). The SMILES string of the molecule is O=C(CN1C(=O)[C@H]2CCCN2C(=O)c2ccccc21)Nc1nncs1. The molecule has 2 aromatic rings. The van der Waals surface area contributed by atoms with Gasteiger partial charge in [0.15, 0.2) is 0 Å². The first-order valence-electron chi connectivity index (χ1n) is 7.92. The van der Waals surface area contributed by atoms with Crippen molar-refractivity contribution in [2.24, 2.45) is 0 Å². The van der Waals surface area contributed by atoms with Gasteiger partial charge in [-0.3, -0.25) is 19.7 Å². The Morgan fingerprint density at radius 2 is 2.16 bits per heavy atom. The normalized spacial score (nSPS) is 19.4. The molecule has 0 radical (unpaired) electrons. The number of para-hydroxylation sites is 1. The summed E-state index contributed by atoms with van der Waals surface area (Å²) in [5.41, 5.74) is 2.43.